The molecule has 0 bridgehead atoms. The maximum Gasteiger partial charge on any atom is 0.142 e. The van der Waals surface area contributed by atoms with E-state index in [0.29, 0.717) is 0 Å². The molecule has 2 rings (SSSR count). The first kappa shape index (κ1) is 18.0. The van der Waals surface area contributed by atoms with Gasteiger partial charge < -0.3 is 14.4 Å². The van der Waals surface area contributed by atoms with E-state index < -0.39 is 0 Å². The van der Waals surface area contributed by atoms with Crippen LogP contribution in [0.3, 0.4) is 0 Å². The van der Waals surface area contributed by atoms with Gasteiger partial charge in [-0.2, -0.15) is 0 Å². The molecule has 1 aromatic carbocycles. The number of rotatable bonds is 6. The molecular formula is C17H28ClNO2. The second-order valence-corrected chi connectivity index (χ2v) is 5.49. The van der Waals surface area contributed by atoms with Gasteiger partial charge in [-0.15, -0.1) is 12.4 Å². The van der Waals surface area contributed by atoms with Crippen LogP contribution in [-0.4, -0.2) is 27.3 Å². The van der Waals surface area contributed by atoms with Crippen LogP contribution in [-0.2, 0) is 6.42 Å². The fraction of sp³-hybridized carbons (Fsp3) is 0.647. The molecule has 0 radical (unpaired) electrons. The van der Waals surface area contributed by atoms with Crippen molar-refractivity contribution in [2.24, 2.45) is 0 Å². The molecule has 120 valence electrons. The summed E-state index contributed by atoms with van der Waals surface area (Å²) in [6.45, 7) is 4.45. The van der Waals surface area contributed by atoms with Crippen LogP contribution >= 0.6 is 12.4 Å². The summed E-state index contributed by atoms with van der Waals surface area (Å²) in [7, 11) is 3.52. The second kappa shape index (κ2) is 9.04. The van der Waals surface area contributed by atoms with Gasteiger partial charge in [-0.3, -0.25) is 0 Å². The fourth-order valence-electron chi connectivity index (χ4n) is 2.89. The van der Waals surface area contributed by atoms with Crippen LogP contribution in [0.4, 0.5) is 5.69 Å². The maximum atomic E-state index is 5.62. The average Bonchev–Trinajstić information content (AvgIpc) is 2.52. The molecule has 0 N–H and O–H groups in total. The van der Waals surface area contributed by atoms with Gasteiger partial charge in [0.15, 0.2) is 0 Å². The van der Waals surface area contributed by atoms with E-state index in [0.717, 1.165) is 31.0 Å². The summed E-state index contributed by atoms with van der Waals surface area (Å²) in [4.78, 5) is 2.43. The Hall–Kier alpha value is -1.09. The molecule has 0 saturated carbocycles. The van der Waals surface area contributed by atoms with Gasteiger partial charge in [0.05, 0.1) is 19.9 Å². The SMILES string of the molecule is CCCCc1cc(OC)c(N2CCCCC2)cc1OC.Cl. The Kier molecular flexibility index (Phi) is 7.73. The number of benzene rings is 1. The lowest BCUT2D eigenvalue weighted by Crippen LogP contribution is -2.29. The highest BCUT2D eigenvalue weighted by atomic mass is 35.5. The van der Waals surface area contributed by atoms with Gasteiger partial charge >= 0.3 is 0 Å². The smallest absolute Gasteiger partial charge is 0.142 e. The Morgan fingerprint density at radius 3 is 2.24 bits per heavy atom. The van der Waals surface area contributed by atoms with Crippen LogP contribution in [0.15, 0.2) is 12.1 Å². The first-order chi connectivity index (χ1) is 9.80. The monoisotopic (exact) mass is 313 g/mol. The lowest BCUT2D eigenvalue weighted by molar-refractivity contribution is 0.397. The van der Waals surface area contributed by atoms with Crippen LogP contribution in [0.5, 0.6) is 11.5 Å². The zero-order valence-electron chi connectivity index (χ0n) is 13.5. The standard InChI is InChI=1S/C17H27NO2.ClH/c1-4-5-9-14-12-17(20-3)15(13-16(14)19-2)18-10-7-6-8-11-18;/h12-13H,4-11H2,1-3H3;1H. The molecule has 0 aromatic heterocycles. The molecule has 0 spiro atoms. The molecule has 1 saturated heterocycles. The van der Waals surface area contributed by atoms with Crippen LogP contribution in [0.25, 0.3) is 0 Å². The van der Waals surface area contributed by atoms with Gasteiger partial charge in [0, 0.05) is 19.2 Å². The van der Waals surface area contributed by atoms with E-state index in [4.69, 9.17) is 9.47 Å². The first-order valence-corrected chi connectivity index (χ1v) is 7.80. The maximum absolute atomic E-state index is 5.62. The van der Waals surface area contributed by atoms with E-state index in [1.165, 1.54) is 43.4 Å². The van der Waals surface area contributed by atoms with E-state index in [-0.39, 0.29) is 12.4 Å². The van der Waals surface area contributed by atoms with Crippen LogP contribution in [0.1, 0.15) is 44.6 Å². The summed E-state index contributed by atoms with van der Waals surface area (Å²) in [6.07, 6.45) is 7.30. The third-order valence-electron chi connectivity index (χ3n) is 4.08. The molecule has 0 amide bonds. The predicted molar refractivity (Wildman–Crippen MR) is 91.5 cm³/mol. The number of hydrogen-bond acceptors (Lipinski definition) is 3. The molecule has 1 heterocycles. The zero-order chi connectivity index (χ0) is 14.4. The summed E-state index contributed by atoms with van der Waals surface area (Å²) in [5.74, 6) is 1.98. The molecule has 21 heavy (non-hydrogen) atoms. The van der Waals surface area contributed by atoms with Crippen LogP contribution in [0, 0.1) is 0 Å². The van der Waals surface area contributed by atoms with Crippen LogP contribution in [0.2, 0.25) is 0 Å². The second-order valence-electron chi connectivity index (χ2n) is 5.49. The minimum atomic E-state index is 0. The van der Waals surface area contributed by atoms with Crippen molar-refractivity contribution in [2.75, 3.05) is 32.2 Å². The summed E-state index contributed by atoms with van der Waals surface area (Å²) in [5, 5.41) is 0. The number of halogens is 1. The molecule has 1 fully saturated rings. The number of hydrogen-bond donors (Lipinski definition) is 0. The number of ether oxygens (including phenoxy) is 2. The molecule has 3 nitrogen and oxygen atoms in total. The normalized spacial score (nSPS) is 14.5. The minimum absolute atomic E-state index is 0. The van der Waals surface area contributed by atoms with E-state index in [9.17, 15) is 0 Å². The summed E-state index contributed by atoms with van der Waals surface area (Å²) >= 11 is 0. The van der Waals surface area contributed by atoms with Gasteiger partial charge in [0.25, 0.3) is 0 Å². The minimum Gasteiger partial charge on any atom is -0.496 e. The quantitative estimate of drug-likeness (QED) is 0.774. The van der Waals surface area contributed by atoms with Crippen molar-refractivity contribution >= 4 is 18.1 Å². The Morgan fingerprint density at radius 2 is 1.67 bits per heavy atom. The van der Waals surface area contributed by atoms with Crippen molar-refractivity contribution in [3.05, 3.63) is 17.7 Å². The first-order valence-electron chi connectivity index (χ1n) is 7.80. The number of piperidine rings is 1. The van der Waals surface area contributed by atoms with Crippen LogP contribution < -0.4 is 14.4 Å². The lowest BCUT2D eigenvalue weighted by Gasteiger charge is -2.30. The Morgan fingerprint density at radius 1 is 1.00 bits per heavy atom. The Labute approximate surface area is 135 Å². The third-order valence-corrected chi connectivity index (χ3v) is 4.08. The zero-order valence-corrected chi connectivity index (χ0v) is 14.3. The number of anilines is 1. The van der Waals surface area contributed by atoms with Crippen molar-refractivity contribution < 1.29 is 9.47 Å². The largest absolute Gasteiger partial charge is 0.496 e. The van der Waals surface area contributed by atoms with E-state index in [2.05, 4.69) is 24.0 Å². The van der Waals surface area contributed by atoms with Crippen molar-refractivity contribution in [3.8, 4) is 11.5 Å². The molecule has 0 unspecified atom stereocenters. The number of nitrogens with zero attached hydrogens (tertiary/aromatic N) is 1. The predicted octanol–water partition coefficient (Wildman–Crippen LogP) is 4.46. The lowest BCUT2D eigenvalue weighted by atomic mass is 10.0. The van der Waals surface area contributed by atoms with E-state index in [1.54, 1.807) is 14.2 Å². The Balaban J connectivity index is 0.00000220. The Bertz CT molecular complexity index is 431. The summed E-state index contributed by atoms with van der Waals surface area (Å²) in [5.41, 5.74) is 2.44. The molecule has 1 aliphatic heterocycles. The van der Waals surface area contributed by atoms with E-state index >= 15 is 0 Å². The van der Waals surface area contributed by atoms with Crippen molar-refractivity contribution in [2.45, 2.75) is 45.4 Å². The number of methoxy groups -OCH3 is 2. The van der Waals surface area contributed by atoms with Crippen molar-refractivity contribution in [1.29, 1.82) is 0 Å². The molecule has 1 aliphatic rings. The van der Waals surface area contributed by atoms with Gasteiger partial charge in [-0.25, -0.2) is 0 Å². The molecule has 0 atom stereocenters. The molecular weight excluding hydrogens is 286 g/mol. The topological polar surface area (TPSA) is 21.7 Å². The highest BCUT2D eigenvalue weighted by Crippen LogP contribution is 2.37. The van der Waals surface area contributed by atoms with Crippen molar-refractivity contribution in [3.63, 3.8) is 0 Å². The van der Waals surface area contributed by atoms with Gasteiger partial charge in [-0.05, 0) is 43.7 Å². The molecule has 0 aliphatic carbocycles. The molecule has 1 aromatic rings. The molecule has 4 heteroatoms. The van der Waals surface area contributed by atoms with Gasteiger partial charge in [-0.1, -0.05) is 13.3 Å². The van der Waals surface area contributed by atoms with E-state index in [1.807, 2.05) is 0 Å². The van der Waals surface area contributed by atoms with Gasteiger partial charge in [0.1, 0.15) is 11.5 Å². The summed E-state index contributed by atoms with van der Waals surface area (Å²) in [6, 6.07) is 4.33. The highest BCUT2D eigenvalue weighted by molar-refractivity contribution is 5.85. The number of unbranched alkanes of at least 4 members (excludes halogenated alkanes) is 1. The highest BCUT2D eigenvalue weighted by Gasteiger charge is 2.18. The van der Waals surface area contributed by atoms with Crippen molar-refractivity contribution in [1.82, 2.24) is 0 Å². The third kappa shape index (κ3) is 4.44. The number of aryl methyl sites for hydroxylation is 1. The summed E-state index contributed by atoms with van der Waals surface area (Å²) < 4.78 is 11.2. The fourth-order valence-corrected chi connectivity index (χ4v) is 2.89. The van der Waals surface area contributed by atoms with Gasteiger partial charge in [0.2, 0.25) is 0 Å². The average molecular weight is 314 g/mol.